The molecule has 1 N–H and O–H groups in total. The fraction of sp³-hybridized carbons (Fsp3) is 0.133. The van der Waals surface area contributed by atoms with E-state index in [9.17, 15) is 18.0 Å². The van der Waals surface area contributed by atoms with Crippen LogP contribution in [-0.4, -0.2) is 26.3 Å². The highest BCUT2D eigenvalue weighted by atomic mass is 35.5. The number of amides is 1. The molecule has 1 aromatic carbocycles. The molecule has 10 heteroatoms. The minimum atomic E-state index is -4.47. The number of halogens is 4. The Morgan fingerprint density at radius 1 is 1.16 bits per heavy atom. The third kappa shape index (κ3) is 4.23. The lowest BCUT2D eigenvalue weighted by molar-refractivity contribution is -0.137. The van der Waals surface area contributed by atoms with Crippen LogP contribution >= 0.6 is 23.4 Å². The van der Waals surface area contributed by atoms with Gasteiger partial charge in [-0.2, -0.15) is 13.2 Å². The molecule has 0 aliphatic carbocycles. The zero-order chi connectivity index (χ0) is 18.0. The normalized spacial score (nSPS) is 11.7. The van der Waals surface area contributed by atoms with Gasteiger partial charge in [0.25, 0.3) is 0 Å². The minimum absolute atomic E-state index is 0.0281. The minimum Gasteiger partial charge on any atom is -0.325 e. The van der Waals surface area contributed by atoms with Crippen LogP contribution in [0.3, 0.4) is 0 Å². The number of nitrogens with zero attached hydrogens (tertiary/aromatic N) is 3. The molecular formula is C15H10ClF3N4OS. The first-order valence-corrected chi connectivity index (χ1v) is 8.29. The summed E-state index contributed by atoms with van der Waals surface area (Å²) in [5.41, 5.74) is 0.0290. The molecule has 0 saturated heterocycles. The van der Waals surface area contributed by atoms with Crippen molar-refractivity contribution in [1.82, 2.24) is 14.6 Å². The lowest BCUT2D eigenvalue weighted by Gasteiger charge is -2.07. The topological polar surface area (TPSA) is 59.3 Å². The number of rotatable bonds is 4. The van der Waals surface area contributed by atoms with Gasteiger partial charge in [-0.3, -0.25) is 9.20 Å². The van der Waals surface area contributed by atoms with E-state index in [1.165, 1.54) is 10.5 Å². The van der Waals surface area contributed by atoms with Crippen molar-refractivity contribution in [2.24, 2.45) is 0 Å². The summed E-state index contributed by atoms with van der Waals surface area (Å²) < 4.78 is 39.6. The monoisotopic (exact) mass is 386 g/mol. The third-order valence-corrected chi connectivity index (χ3v) is 4.35. The largest absolute Gasteiger partial charge is 0.417 e. The average molecular weight is 387 g/mol. The standard InChI is InChI=1S/C15H10ClF3N4OS/c16-10-2-4-11(5-3-10)20-13(24)8-25-14-22-21-12-6-1-9(7-23(12)14)15(17,18)19/h1-7H,8H2,(H,20,24). The van der Waals surface area contributed by atoms with Crippen LogP contribution < -0.4 is 5.32 Å². The van der Waals surface area contributed by atoms with Gasteiger partial charge >= 0.3 is 6.18 Å². The smallest absolute Gasteiger partial charge is 0.325 e. The van der Waals surface area contributed by atoms with Crippen LogP contribution in [0.5, 0.6) is 0 Å². The zero-order valence-corrected chi connectivity index (χ0v) is 14.0. The molecule has 0 unspecified atom stereocenters. The molecule has 2 aromatic heterocycles. The number of hydrogen-bond acceptors (Lipinski definition) is 4. The van der Waals surface area contributed by atoms with Gasteiger partial charge in [0.2, 0.25) is 5.91 Å². The summed E-state index contributed by atoms with van der Waals surface area (Å²) in [6.07, 6.45) is -3.55. The van der Waals surface area contributed by atoms with Crippen LogP contribution in [0.25, 0.3) is 5.65 Å². The van der Waals surface area contributed by atoms with Gasteiger partial charge in [-0.05, 0) is 36.4 Å². The maximum absolute atomic E-state index is 12.8. The van der Waals surface area contributed by atoms with Gasteiger partial charge in [0.1, 0.15) is 0 Å². The van der Waals surface area contributed by atoms with Crippen LogP contribution in [0.2, 0.25) is 5.02 Å². The number of alkyl halides is 3. The van der Waals surface area contributed by atoms with Crippen molar-refractivity contribution in [3.63, 3.8) is 0 Å². The summed E-state index contributed by atoms with van der Waals surface area (Å²) in [7, 11) is 0. The highest BCUT2D eigenvalue weighted by molar-refractivity contribution is 7.99. The number of fused-ring (bicyclic) bond motifs is 1. The molecule has 3 rings (SSSR count). The number of nitrogens with one attached hydrogen (secondary N) is 1. The summed E-state index contributed by atoms with van der Waals surface area (Å²) in [6, 6.07) is 8.73. The van der Waals surface area contributed by atoms with E-state index < -0.39 is 11.7 Å². The van der Waals surface area contributed by atoms with Crippen LogP contribution in [0, 0.1) is 0 Å². The predicted octanol–water partition coefficient (Wildman–Crippen LogP) is 4.13. The number of carbonyl (C=O) groups is 1. The molecule has 5 nitrogen and oxygen atoms in total. The quantitative estimate of drug-likeness (QED) is 0.685. The average Bonchev–Trinajstić information content (AvgIpc) is 2.96. The molecule has 0 aliphatic heterocycles. The van der Waals surface area contributed by atoms with Gasteiger partial charge in [-0.15, -0.1) is 10.2 Å². The molecule has 0 radical (unpaired) electrons. The van der Waals surface area contributed by atoms with Crippen molar-refractivity contribution in [1.29, 1.82) is 0 Å². The van der Waals surface area contributed by atoms with Crippen LogP contribution in [-0.2, 0) is 11.0 Å². The second-order valence-corrected chi connectivity index (χ2v) is 6.35. The number of benzene rings is 1. The Hall–Kier alpha value is -2.26. The zero-order valence-electron chi connectivity index (χ0n) is 12.4. The molecular weight excluding hydrogens is 377 g/mol. The maximum atomic E-state index is 12.8. The van der Waals surface area contributed by atoms with Crippen LogP contribution in [0.1, 0.15) is 5.56 Å². The molecule has 25 heavy (non-hydrogen) atoms. The van der Waals surface area contributed by atoms with Crippen LogP contribution in [0.15, 0.2) is 47.8 Å². The number of thioether (sulfide) groups is 1. The lowest BCUT2D eigenvalue weighted by Crippen LogP contribution is -2.14. The first-order chi connectivity index (χ1) is 11.8. The first kappa shape index (κ1) is 17.6. The van der Waals surface area contributed by atoms with E-state index in [-0.39, 0.29) is 22.5 Å². The fourth-order valence-corrected chi connectivity index (χ4v) is 2.84. The van der Waals surface area contributed by atoms with E-state index in [0.717, 1.165) is 24.0 Å². The molecule has 0 saturated carbocycles. The molecule has 130 valence electrons. The number of aromatic nitrogens is 3. The van der Waals surface area contributed by atoms with Gasteiger partial charge in [0, 0.05) is 16.9 Å². The van der Waals surface area contributed by atoms with Gasteiger partial charge in [0.15, 0.2) is 10.8 Å². The van der Waals surface area contributed by atoms with Gasteiger partial charge in [-0.1, -0.05) is 23.4 Å². The van der Waals surface area contributed by atoms with Crippen LogP contribution in [0.4, 0.5) is 18.9 Å². The first-order valence-electron chi connectivity index (χ1n) is 6.93. The van der Waals surface area contributed by atoms with Crippen molar-refractivity contribution in [2.75, 3.05) is 11.1 Å². The number of carbonyl (C=O) groups excluding carboxylic acids is 1. The molecule has 1 amide bonds. The Morgan fingerprint density at radius 3 is 2.56 bits per heavy atom. The number of pyridine rings is 1. The van der Waals surface area contributed by atoms with Gasteiger partial charge in [0.05, 0.1) is 11.3 Å². The fourth-order valence-electron chi connectivity index (χ4n) is 2.00. The summed E-state index contributed by atoms with van der Waals surface area (Å²) in [5.74, 6) is -0.351. The predicted molar refractivity (Wildman–Crippen MR) is 88.8 cm³/mol. The second kappa shape index (κ2) is 6.93. The van der Waals surface area contributed by atoms with Crippen molar-refractivity contribution in [3.8, 4) is 0 Å². The molecule has 0 atom stereocenters. The molecule has 0 bridgehead atoms. The van der Waals surface area contributed by atoms with E-state index in [1.807, 2.05) is 0 Å². The van der Waals surface area contributed by atoms with E-state index in [0.29, 0.717) is 10.7 Å². The highest BCUT2D eigenvalue weighted by Gasteiger charge is 2.31. The summed E-state index contributed by atoms with van der Waals surface area (Å²) >= 11 is 6.75. The van der Waals surface area contributed by atoms with E-state index in [4.69, 9.17) is 11.6 Å². The Bertz CT molecular complexity index is 911. The Balaban J connectivity index is 1.70. The molecule has 0 spiro atoms. The highest BCUT2D eigenvalue weighted by Crippen LogP contribution is 2.30. The van der Waals surface area contributed by atoms with Crippen molar-refractivity contribution in [3.05, 3.63) is 53.2 Å². The molecule has 3 aromatic rings. The van der Waals surface area contributed by atoms with Gasteiger partial charge in [-0.25, -0.2) is 0 Å². The number of hydrogen-bond donors (Lipinski definition) is 1. The maximum Gasteiger partial charge on any atom is 0.417 e. The second-order valence-electron chi connectivity index (χ2n) is 4.97. The SMILES string of the molecule is O=C(CSc1nnc2ccc(C(F)(F)F)cn12)Nc1ccc(Cl)cc1. The molecule has 2 heterocycles. The summed E-state index contributed by atoms with van der Waals surface area (Å²) in [4.78, 5) is 12.0. The van der Waals surface area contributed by atoms with Crippen molar-refractivity contribution < 1.29 is 18.0 Å². The Morgan fingerprint density at radius 2 is 1.88 bits per heavy atom. The molecule has 0 fully saturated rings. The molecule has 0 aliphatic rings. The third-order valence-electron chi connectivity index (χ3n) is 3.16. The lowest BCUT2D eigenvalue weighted by atomic mass is 10.3. The van der Waals surface area contributed by atoms with E-state index >= 15 is 0 Å². The Labute approximate surface area is 149 Å². The van der Waals surface area contributed by atoms with Crippen molar-refractivity contribution in [2.45, 2.75) is 11.3 Å². The Kier molecular flexibility index (Phi) is 4.87. The summed E-state index contributed by atoms with van der Waals surface area (Å²) in [5, 5.41) is 11.0. The van der Waals surface area contributed by atoms with Crippen molar-refractivity contribution >= 4 is 40.6 Å². The van der Waals surface area contributed by atoms with E-state index in [2.05, 4.69) is 15.5 Å². The summed E-state index contributed by atoms with van der Waals surface area (Å²) in [6.45, 7) is 0. The van der Waals surface area contributed by atoms with Gasteiger partial charge < -0.3 is 5.32 Å². The number of anilines is 1. The van der Waals surface area contributed by atoms with E-state index in [1.54, 1.807) is 24.3 Å².